The Kier molecular flexibility index (Phi) is 88.2. The molecule has 0 fully saturated rings. The summed E-state index contributed by atoms with van der Waals surface area (Å²) in [6, 6.07) is 0. The van der Waals surface area contributed by atoms with Crippen molar-refractivity contribution in [2.75, 3.05) is 6.16 Å². The monoisotopic (exact) mass is 1410 g/mol. The minimum Gasteiger partial charge on any atom is -0.110 e. The van der Waals surface area contributed by atoms with Gasteiger partial charge in [0.15, 0.2) is 0 Å². The van der Waals surface area contributed by atoms with Crippen LogP contribution in [0.2, 0.25) is 0 Å². The zero-order valence-corrected chi connectivity index (χ0v) is 66.4. The van der Waals surface area contributed by atoms with E-state index in [0.717, 1.165) is 7.96 Å². The molecule has 0 aromatic heterocycles. The van der Waals surface area contributed by atoms with Gasteiger partial charge in [0.05, 0.1) is 0 Å². The molecule has 0 aromatic rings. The van der Waals surface area contributed by atoms with Gasteiger partial charge in [-0.3, -0.25) is 0 Å². The third-order valence-corrected chi connectivity index (χ3v) is 207. The summed E-state index contributed by atoms with van der Waals surface area (Å²) in [5.41, 5.74) is 0. The molecule has 0 rings (SSSR count). The summed E-state index contributed by atoms with van der Waals surface area (Å²) < 4.78 is 0. The van der Waals surface area contributed by atoms with Crippen molar-refractivity contribution in [3.05, 3.63) is 0 Å². The van der Waals surface area contributed by atoms with Gasteiger partial charge in [-0.1, -0.05) is 341 Å². The van der Waals surface area contributed by atoms with E-state index >= 15 is 0 Å². The molecule has 45 heavy (non-hydrogen) atoms. The maximum Gasteiger partial charge on any atom is -0.0342 e. The zero-order valence-electron chi connectivity index (χ0n) is 23.3. The van der Waals surface area contributed by atoms with Crippen molar-refractivity contribution < 1.29 is 0 Å². The van der Waals surface area contributed by atoms with E-state index in [9.17, 15) is 0 Å². The van der Waals surface area contributed by atoms with Gasteiger partial charge in [-0.25, -0.2) is 0 Å². The summed E-state index contributed by atoms with van der Waals surface area (Å²) in [6.07, 6.45) is 1.44. The molecule has 272 valence electrons. The van der Waals surface area contributed by atoms with Crippen molar-refractivity contribution in [3.8, 4) is 0 Å². The maximum absolute atomic E-state index is 2.92. The van der Waals surface area contributed by atoms with Gasteiger partial charge in [-0.15, -0.1) is 8.93 Å². The van der Waals surface area contributed by atoms with E-state index in [-0.39, 0.29) is 0 Å². The molecule has 0 aliphatic heterocycles. The Bertz CT molecular complexity index is 436. The molecule has 0 spiro atoms. The van der Waals surface area contributed by atoms with Crippen LogP contribution in [0, 0.1) is 0 Å². The van der Waals surface area contributed by atoms with E-state index in [1.165, 1.54) is 333 Å². The van der Waals surface area contributed by atoms with Gasteiger partial charge < -0.3 is 0 Å². The van der Waals surface area contributed by atoms with Crippen LogP contribution < -0.4 is 0 Å². The molecule has 0 saturated heterocycles. The topological polar surface area (TPSA) is 0 Å². The van der Waals surface area contributed by atoms with Gasteiger partial charge in [0.25, 0.3) is 0 Å². The van der Waals surface area contributed by atoms with Crippen molar-refractivity contribution in [2.24, 2.45) is 0 Å². The molecule has 0 N–H and O–H groups in total. The minimum atomic E-state index is 1.15. The summed E-state index contributed by atoms with van der Waals surface area (Å²) in [4.78, 5) is 0. The molecular formula is C2H49P43. The quantitative estimate of drug-likeness (QED) is 0.0422. The second-order valence-electron chi connectivity index (χ2n) is 5.67. The summed E-state index contributed by atoms with van der Waals surface area (Å²) in [5.74, 6) is 0. The number of hydrogen-bond donors (Lipinski definition) is 0. The van der Waals surface area contributed by atoms with Crippen LogP contribution in [0.4, 0.5) is 0 Å². The number of hydrogen-bond acceptors (Lipinski definition) is 0. The van der Waals surface area contributed by atoms with Gasteiger partial charge >= 0.3 is 0 Å². The lowest BCUT2D eigenvalue weighted by Crippen LogP contribution is -1.43. The average molecular weight is 1410 g/mol. The molecule has 0 amide bonds. The van der Waals surface area contributed by atoms with Crippen LogP contribution in [0.25, 0.3) is 0 Å². The van der Waals surface area contributed by atoms with E-state index in [0.29, 0.717) is 0 Å². The molecular weight excluding hydrogens is 1360 g/mol. The van der Waals surface area contributed by atoms with Crippen LogP contribution in [0.5, 0.6) is 0 Å². The Hall–Kier alpha value is 18.5. The van der Waals surface area contributed by atoms with Crippen LogP contribution in [-0.2, 0) is 0 Å². The molecule has 43 atom stereocenters. The Balaban J connectivity index is 3.03. The van der Waals surface area contributed by atoms with Crippen LogP contribution >= 0.6 is 343 Å². The van der Waals surface area contributed by atoms with E-state index < -0.39 is 0 Å². The zero-order chi connectivity index (χ0) is 32.4. The minimum absolute atomic E-state index is 1.15. The molecule has 0 saturated carbocycles. The third-order valence-electron chi connectivity index (χ3n) is 2.77. The third kappa shape index (κ3) is 62.5. The van der Waals surface area contributed by atoms with Gasteiger partial charge in [0.1, 0.15) is 0 Å². The van der Waals surface area contributed by atoms with Crippen LogP contribution in [0.1, 0.15) is 6.92 Å². The van der Waals surface area contributed by atoms with Crippen LogP contribution in [-0.4, -0.2) is 6.16 Å². The van der Waals surface area contributed by atoms with Gasteiger partial charge in [-0.2, -0.15) is 0 Å². The maximum atomic E-state index is 2.92. The van der Waals surface area contributed by atoms with E-state index in [1.807, 2.05) is 0 Å². The van der Waals surface area contributed by atoms with Crippen molar-refractivity contribution >= 4 is 343 Å². The Morgan fingerprint density at radius 2 is 0.356 bits per heavy atom. The molecule has 0 aliphatic carbocycles. The Morgan fingerprint density at radius 3 is 0.489 bits per heavy atom. The molecule has 0 radical (unpaired) electrons. The Labute approximate surface area is 351 Å². The fraction of sp³-hybridized carbons (Fsp3) is 1.00. The largest absolute Gasteiger partial charge is 0.110 e. The lowest BCUT2D eigenvalue weighted by molar-refractivity contribution is 1.53. The normalized spacial score (nSPS) is 22.8. The highest BCUT2D eigenvalue weighted by Gasteiger charge is 1.96. The summed E-state index contributed by atoms with van der Waals surface area (Å²) in [5, 5.41) is 0. The van der Waals surface area contributed by atoms with Gasteiger partial charge in [0, 0.05) is 0 Å². The van der Waals surface area contributed by atoms with E-state index in [4.69, 9.17) is 0 Å². The summed E-state index contributed by atoms with van der Waals surface area (Å²) in [6.45, 7) is 2.35. The lowest BCUT2D eigenvalue weighted by Gasteiger charge is -2.06. The molecule has 0 heterocycles. The lowest BCUT2D eigenvalue weighted by atomic mass is 11.0. The highest BCUT2D eigenvalue weighted by molar-refractivity contribution is 8.95. The van der Waals surface area contributed by atoms with Gasteiger partial charge in [0.2, 0.25) is 0 Å². The van der Waals surface area contributed by atoms with Crippen molar-refractivity contribution in [3.63, 3.8) is 0 Å². The first-order chi connectivity index (χ1) is 22.4. The van der Waals surface area contributed by atoms with Crippen LogP contribution in [0.15, 0.2) is 0 Å². The van der Waals surface area contributed by atoms with Gasteiger partial charge in [-0.05, 0) is 6.16 Å². The first-order valence-corrected chi connectivity index (χ1v) is 96.6. The molecule has 0 bridgehead atoms. The summed E-state index contributed by atoms with van der Waals surface area (Å²) >= 11 is 0. The molecule has 43 heteroatoms. The predicted molar refractivity (Wildman–Crippen MR) is 369 cm³/mol. The van der Waals surface area contributed by atoms with Crippen molar-refractivity contribution in [1.82, 2.24) is 0 Å². The molecule has 0 aliphatic rings. The first kappa shape index (κ1) is 63.5. The molecule has 0 aromatic carbocycles. The van der Waals surface area contributed by atoms with Crippen molar-refractivity contribution in [2.45, 2.75) is 6.92 Å². The highest BCUT2D eigenvalue weighted by atomic mass is 33.0. The second kappa shape index (κ2) is 62.5. The number of rotatable bonds is 42. The summed E-state index contributed by atoms with van der Waals surface area (Å²) in [7, 11) is 60.4. The standard InChI is InChI=1S/C2H49P43/c1-2-4-6-8-10-12-14-16-18-20-22-24-26-28-30-32-34-36-38-40-42-44-45-43-41-39-37-35-33-31-29-27-25-23-21-19-17-15-13-11-9-7-5-3/h4-45H,2-3H2,1H3. The fourth-order valence-electron chi connectivity index (χ4n) is 1.36. The van der Waals surface area contributed by atoms with Crippen molar-refractivity contribution in [1.29, 1.82) is 0 Å². The SMILES string of the molecule is CCPPPPPPPPPPPPPPPPPPPPPPPPPPPPPPPPPPPPPPPPPPP. The molecule has 0 nitrogen and oxygen atoms in total. The first-order valence-electron chi connectivity index (χ1n) is 11.6. The van der Waals surface area contributed by atoms with Crippen LogP contribution in [0.3, 0.4) is 0 Å². The van der Waals surface area contributed by atoms with E-state index in [2.05, 4.69) is 15.9 Å². The second-order valence-corrected chi connectivity index (χ2v) is 142. The highest BCUT2D eigenvalue weighted by Crippen LogP contribution is 2.89. The smallest absolute Gasteiger partial charge is 0.0342 e. The Morgan fingerprint density at radius 1 is 0.222 bits per heavy atom. The van der Waals surface area contributed by atoms with E-state index in [1.54, 1.807) is 0 Å². The molecule has 43 unspecified atom stereocenters. The average Bonchev–Trinajstić information content (AvgIpc) is 3.05. The predicted octanol–water partition coefficient (Wildman–Crippen LogP) is 25.8. The fourth-order valence-corrected chi connectivity index (χ4v) is 303.